The fourth-order valence-corrected chi connectivity index (χ4v) is 2.07. The summed E-state index contributed by atoms with van der Waals surface area (Å²) in [5.74, 6) is 2.53. The third-order valence-corrected chi connectivity index (χ3v) is 3.11. The van der Waals surface area contributed by atoms with E-state index in [1.807, 2.05) is 12.1 Å². The minimum absolute atomic E-state index is 0.295. The molecule has 21 heavy (non-hydrogen) atoms. The van der Waals surface area contributed by atoms with Gasteiger partial charge in [0.25, 0.3) is 0 Å². The number of benzene rings is 1. The van der Waals surface area contributed by atoms with Gasteiger partial charge in [0.2, 0.25) is 11.7 Å². The van der Waals surface area contributed by atoms with Gasteiger partial charge in [-0.05, 0) is 25.6 Å². The maximum absolute atomic E-state index is 5.30. The zero-order valence-electron chi connectivity index (χ0n) is 12.8. The minimum atomic E-state index is 0.295. The molecule has 6 nitrogen and oxygen atoms in total. The van der Waals surface area contributed by atoms with Gasteiger partial charge in [0, 0.05) is 24.1 Å². The Bertz CT molecular complexity index is 561. The van der Waals surface area contributed by atoms with Crippen molar-refractivity contribution < 1.29 is 14.0 Å². The second-order valence-corrected chi connectivity index (χ2v) is 4.78. The van der Waals surface area contributed by atoms with Crippen LogP contribution in [0.3, 0.4) is 0 Å². The largest absolute Gasteiger partial charge is 0.497 e. The molecule has 0 bridgehead atoms. The van der Waals surface area contributed by atoms with Crippen LogP contribution in [0.2, 0.25) is 0 Å². The van der Waals surface area contributed by atoms with Gasteiger partial charge in [0.05, 0.1) is 14.2 Å². The number of rotatable bonds is 7. The number of hydrogen-bond acceptors (Lipinski definition) is 6. The van der Waals surface area contributed by atoms with E-state index in [9.17, 15) is 0 Å². The maximum atomic E-state index is 5.30. The fourth-order valence-electron chi connectivity index (χ4n) is 2.07. The Hall–Kier alpha value is -2.08. The topological polar surface area (TPSA) is 69.4 Å². The van der Waals surface area contributed by atoms with Gasteiger partial charge < -0.3 is 19.3 Å². The maximum Gasteiger partial charge on any atom is 0.228 e. The Kier molecular flexibility index (Phi) is 5.16. The van der Waals surface area contributed by atoms with Crippen molar-refractivity contribution in [2.75, 3.05) is 20.8 Å². The molecular formula is C15H21N3O3. The van der Waals surface area contributed by atoms with Crippen molar-refractivity contribution in [1.82, 2.24) is 15.5 Å². The number of aromatic nitrogens is 2. The number of nitrogens with zero attached hydrogens (tertiary/aromatic N) is 2. The van der Waals surface area contributed by atoms with Crippen molar-refractivity contribution in [2.45, 2.75) is 26.3 Å². The van der Waals surface area contributed by atoms with E-state index in [4.69, 9.17) is 14.0 Å². The van der Waals surface area contributed by atoms with E-state index in [0.717, 1.165) is 12.1 Å². The third-order valence-electron chi connectivity index (χ3n) is 3.11. The van der Waals surface area contributed by atoms with Crippen molar-refractivity contribution >= 4 is 0 Å². The van der Waals surface area contributed by atoms with Crippen LogP contribution in [0.5, 0.6) is 11.5 Å². The van der Waals surface area contributed by atoms with Crippen LogP contribution < -0.4 is 14.8 Å². The first-order valence-electron chi connectivity index (χ1n) is 6.95. The molecular weight excluding hydrogens is 270 g/mol. The second kappa shape index (κ2) is 7.08. The Morgan fingerprint density at radius 1 is 1.19 bits per heavy atom. The number of nitrogens with one attached hydrogen (secondary N) is 1. The summed E-state index contributed by atoms with van der Waals surface area (Å²) >= 11 is 0. The molecule has 1 unspecified atom stereocenters. The molecule has 114 valence electrons. The lowest BCUT2D eigenvalue weighted by atomic mass is 10.2. The molecule has 2 rings (SSSR count). The summed E-state index contributed by atoms with van der Waals surface area (Å²) in [6, 6.07) is 5.80. The first-order valence-corrected chi connectivity index (χ1v) is 6.95. The molecule has 1 aromatic heterocycles. The average molecular weight is 291 g/mol. The van der Waals surface area contributed by atoms with Crippen LogP contribution in [0, 0.1) is 0 Å². The van der Waals surface area contributed by atoms with E-state index in [1.165, 1.54) is 0 Å². The Morgan fingerprint density at radius 3 is 2.43 bits per heavy atom. The molecule has 1 heterocycles. The number of likely N-dealkylation sites (N-methyl/N-ethyl adjacent to an activating group) is 1. The van der Waals surface area contributed by atoms with Crippen molar-refractivity contribution in [3.05, 3.63) is 24.1 Å². The SMILES string of the molecule is CCNC(C)Cc1nc(-c2cc(OC)cc(OC)c2)no1. The molecule has 0 spiro atoms. The first-order chi connectivity index (χ1) is 10.2. The monoisotopic (exact) mass is 291 g/mol. The summed E-state index contributed by atoms with van der Waals surface area (Å²) in [5, 5.41) is 7.34. The molecule has 0 aliphatic heterocycles. The van der Waals surface area contributed by atoms with Gasteiger partial charge in [0.15, 0.2) is 0 Å². The highest BCUT2D eigenvalue weighted by molar-refractivity contribution is 5.60. The molecule has 1 atom stereocenters. The van der Waals surface area contributed by atoms with Crippen LogP contribution in [0.25, 0.3) is 11.4 Å². The molecule has 1 N–H and O–H groups in total. The Morgan fingerprint density at radius 2 is 1.86 bits per heavy atom. The average Bonchev–Trinajstić information content (AvgIpc) is 2.95. The van der Waals surface area contributed by atoms with E-state index < -0.39 is 0 Å². The van der Waals surface area contributed by atoms with Crippen LogP contribution in [0.4, 0.5) is 0 Å². The lowest BCUT2D eigenvalue weighted by molar-refractivity contribution is 0.363. The van der Waals surface area contributed by atoms with E-state index in [1.54, 1.807) is 20.3 Å². The highest BCUT2D eigenvalue weighted by atomic mass is 16.5. The highest BCUT2D eigenvalue weighted by Crippen LogP contribution is 2.28. The summed E-state index contributed by atoms with van der Waals surface area (Å²) < 4.78 is 15.8. The number of ether oxygens (including phenoxy) is 2. The first kappa shape index (κ1) is 15.3. The van der Waals surface area contributed by atoms with Crippen LogP contribution in [0.15, 0.2) is 22.7 Å². The molecule has 0 aliphatic carbocycles. The second-order valence-electron chi connectivity index (χ2n) is 4.78. The van der Waals surface area contributed by atoms with Crippen molar-refractivity contribution in [3.8, 4) is 22.9 Å². The van der Waals surface area contributed by atoms with E-state index >= 15 is 0 Å². The predicted molar refractivity (Wildman–Crippen MR) is 79.7 cm³/mol. The molecule has 6 heteroatoms. The van der Waals surface area contributed by atoms with E-state index in [0.29, 0.717) is 35.7 Å². The summed E-state index contributed by atoms with van der Waals surface area (Å²) in [7, 11) is 3.22. The molecule has 1 aromatic carbocycles. The predicted octanol–water partition coefficient (Wildman–Crippen LogP) is 2.29. The lowest BCUT2D eigenvalue weighted by Gasteiger charge is -2.08. The zero-order chi connectivity index (χ0) is 15.2. The van der Waals surface area contributed by atoms with E-state index in [-0.39, 0.29) is 0 Å². The fraction of sp³-hybridized carbons (Fsp3) is 0.467. The normalized spacial score (nSPS) is 12.2. The summed E-state index contributed by atoms with van der Waals surface area (Å²) in [4.78, 5) is 4.42. The highest BCUT2D eigenvalue weighted by Gasteiger charge is 2.13. The van der Waals surface area contributed by atoms with Gasteiger partial charge in [-0.25, -0.2) is 0 Å². The molecule has 0 amide bonds. The summed E-state index contributed by atoms with van der Waals surface area (Å²) in [6.45, 7) is 5.06. The number of hydrogen-bond donors (Lipinski definition) is 1. The van der Waals surface area contributed by atoms with Gasteiger partial charge in [-0.2, -0.15) is 4.98 Å². The summed E-state index contributed by atoms with van der Waals surface area (Å²) in [5.41, 5.74) is 0.803. The molecule has 0 fully saturated rings. The Labute approximate surface area is 124 Å². The van der Waals surface area contributed by atoms with Crippen LogP contribution in [0.1, 0.15) is 19.7 Å². The molecule has 2 aromatic rings. The van der Waals surface area contributed by atoms with Gasteiger partial charge in [0.1, 0.15) is 11.5 Å². The smallest absolute Gasteiger partial charge is 0.228 e. The van der Waals surface area contributed by atoms with Gasteiger partial charge in [-0.15, -0.1) is 0 Å². The third kappa shape index (κ3) is 3.95. The Balaban J connectivity index is 2.20. The quantitative estimate of drug-likeness (QED) is 0.844. The molecule has 0 saturated carbocycles. The zero-order valence-corrected chi connectivity index (χ0v) is 12.8. The lowest BCUT2D eigenvalue weighted by Crippen LogP contribution is -2.27. The van der Waals surface area contributed by atoms with Gasteiger partial charge in [-0.3, -0.25) is 0 Å². The number of methoxy groups -OCH3 is 2. The molecule has 0 radical (unpaired) electrons. The summed E-state index contributed by atoms with van der Waals surface area (Å²) in [6.07, 6.45) is 0.696. The van der Waals surface area contributed by atoms with Crippen LogP contribution in [-0.4, -0.2) is 36.9 Å². The molecule has 0 saturated heterocycles. The minimum Gasteiger partial charge on any atom is -0.497 e. The van der Waals surface area contributed by atoms with Crippen molar-refractivity contribution in [3.63, 3.8) is 0 Å². The van der Waals surface area contributed by atoms with Crippen LogP contribution in [-0.2, 0) is 6.42 Å². The van der Waals surface area contributed by atoms with Crippen molar-refractivity contribution in [2.24, 2.45) is 0 Å². The standard InChI is InChI=1S/C15H21N3O3/c1-5-16-10(2)6-14-17-15(18-21-14)11-7-12(19-3)9-13(8-11)20-4/h7-10,16H,5-6H2,1-4H3. The van der Waals surface area contributed by atoms with Gasteiger partial charge in [-0.1, -0.05) is 12.1 Å². The van der Waals surface area contributed by atoms with Crippen LogP contribution >= 0.6 is 0 Å². The van der Waals surface area contributed by atoms with Crippen molar-refractivity contribution in [1.29, 1.82) is 0 Å². The molecule has 0 aliphatic rings. The van der Waals surface area contributed by atoms with Gasteiger partial charge >= 0.3 is 0 Å². The van der Waals surface area contributed by atoms with E-state index in [2.05, 4.69) is 29.3 Å².